The van der Waals surface area contributed by atoms with E-state index in [9.17, 15) is 0 Å². The highest BCUT2D eigenvalue weighted by Gasteiger charge is 2.42. The zero-order chi connectivity index (χ0) is 11.1. The molecule has 1 rings (SSSR count). The molecule has 1 saturated heterocycles. The van der Waals surface area contributed by atoms with Crippen LogP contribution in [0.25, 0.3) is 0 Å². The van der Waals surface area contributed by atoms with Gasteiger partial charge in [-0.25, -0.2) is 0 Å². The molecular weight excluding hydrogens is 187 g/mol. The van der Waals surface area contributed by atoms with Gasteiger partial charge in [-0.15, -0.1) is 0 Å². The molecule has 0 unspecified atom stereocenters. The highest BCUT2D eigenvalue weighted by Crippen LogP contribution is 2.42. The van der Waals surface area contributed by atoms with Crippen molar-refractivity contribution in [2.75, 3.05) is 13.2 Å². The second-order valence-corrected chi connectivity index (χ2v) is 4.56. The van der Waals surface area contributed by atoms with Gasteiger partial charge in [0.15, 0.2) is 0 Å². The lowest BCUT2D eigenvalue weighted by Crippen LogP contribution is -2.39. The first kappa shape index (κ1) is 13.1. The molecule has 3 heteroatoms. The van der Waals surface area contributed by atoms with E-state index in [0.29, 0.717) is 0 Å². The minimum Gasteiger partial charge on any atom is -0.411 e. The number of hydrogen-bond donors (Lipinski definition) is 0. The summed E-state index contributed by atoms with van der Waals surface area (Å²) in [6, 6.07) is 0. The first-order valence-corrected chi connectivity index (χ1v) is 6.52. The monoisotopic (exact) mass is 212 g/mol. The summed E-state index contributed by atoms with van der Waals surface area (Å²) in [6.45, 7) is 8.48. The van der Waals surface area contributed by atoms with Crippen LogP contribution in [0.1, 0.15) is 59.3 Å². The molecule has 0 saturated carbocycles. The Morgan fingerprint density at radius 2 is 1.33 bits per heavy atom. The highest BCUT2D eigenvalue weighted by atomic mass is 16.6. The fourth-order valence-corrected chi connectivity index (χ4v) is 2.41. The van der Waals surface area contributed by atoms with Crippen LogP contribution in [-0.2, 0) is 9.31 Å². The molecule has 0 atom stereocenters. The zero-order valence-corrected chi connectivity index (χ0v) is 10.6. The van der Waals surface area contributed by atoms with Gasteiger partial charge in [0.1, 0.15) is 0 Å². The molecule has 0 aromatic carbocycles. The van der Waals surface area contributed by atoms with Crippen molar-refractivity contribution in [3.8, 4) is 0 Å². The molecule has 2 nitrogen and oxygen atoms in total. The normalized spacial score (nSPS) is 19.8. The van der Waals surface area contributed by atoms with Gasteiger partial charge in [0.05, 0.1) is 0 Å². The molecule has 0 N–H and O–H groups in total. The third kappa shape index (κ3) is 3.22. The Balaban J connectivity index is 2.62. The van der Waals surface area contributed by atoms with Crippen molar-refractivity contribution in [1.82, 2.24) is 0 Å². The molecule has 1 aliphatic rings. The van der Waals surface area contributed by atoms with Gasteiger partial charge in [0.2, 0.25) is 0 Å². The number of rotatable bonds is 4. The van der Waals surface area contributed by atoms with Crippen LogP contribution in [0.2, 0.25) is 5.31 Å². The molecule has 0 aromatic heterocycles. The van der Waals surface area contributed by atoms with Crippen molar-refractivity contribution < 1.29 is 9.31 Å². The van der Waals surface area contributed by atoms with Gasteiger partial charge >= 0.3 is 7.12 Å². The van der Waals surface area contributed by atoms with E-state index in [-0.39, 0.29) is 12.4 Å². The van der Waals surface area contributed by atoms with E-state index >= 15 is 0 Å². The molecule has 0 amide bonds. The highest BCUT2D eigenvalue weighted by molar-refractivity contribution is 6.48. The molecule has 1 fully saturated rings. The molecule has 1 aliphatic heterocycles. The van der Waals surface area contributed by atoms with Gasteiger partial charge in [0, 0.05) is 18.5 Å². The van der Waals surface area contributed by atoms with Gasteiger partial charge in [-0.1, -0.05) is 40.0 Å². The number of hydrogen-bond acceptors (Lipinski definition) is 2. The predicted octanol–water partition coefficient (Wildman–Crippen LogP) is 3.66. The summed E-state index contributed by atoms with van der Waals surface area (Å²) in [5.41, 5.74) is 0. The minimum atomic E-state index is 0.0257. The third-order valence-corrected chi connectivity index (χ3v) is 3.94. The quantitative estimate of drug-likeness (QED) is 0.662. The van der Waals surface area contributed by atoms with Crippen LogP contribution < -0.4 is 0 Å². The van der Waals surface area contributed by atoms with Crippen LogP contribution in [0.5, 0.6) is 0 Å². The van der Waals surface area contributed by atoms with Crippen LogP contribution in [0.3, 0.4) is 0 Å². The van der Waals surface area contributed by atoms with E-state index in [0.717, 1.165) is 32.5 Å². The SMILES string of the molecule is CCC(CC)(CC)B1OCCCCCO1. The summed E-state index contributed by atoms with van der Waals surface area (Å²) in [4.78, 5) is 0. The van der Waals surface area contributed by atoms with Crippen LogP contribution >= 0.6 is 0 Å². The standard InChI is InChI=1S/C12H25BO2/c1-4-12(5-2,6-3)13-14-10-8-7-9-11-15-13/h4-11H2,1-3H3. The molecule has 88 valence electrons. The third-order valence-electron chi connectivity index (χ3n) is 3.94. The second-order valence-electron chi connectivity index (χ2n) is 4.56. The summed E-state index contributed by atoms with van der Waals surface area (Å²) >= 11 is 0. The van der Waals surface area contributed by atoms with E-state index in [2.05, 4.69) is 20.8 Å². The molecule has 0 spiro atoms. The predicted molar refractivity (Wildman–Crippen MR) is 65.1 cm³/mol. The topological polar surface area (TPSA) is 18.5 Å². The van der Waals surface area contributed by atoms with Crippen molar-refractivity contribution in [1.29, 1.82) is 0 Å². The van der Waals surface area contributed by atoms with E-state index in [4.69, 9.17) is 9.31 Å². The Morgan fingerprint density at radius 1 is 0.867 bits per heavy atom. The van der Waals surface area contributed by atoms with Crippen LogP contribution in [-0.4, -0.2) is 20.3 Å². The molecule has 1 heterocycles. The van der Waals surface area contributed by atoms with Gasteiger partial charge in [0.25, 0.3) is 0 Å². The maximum absolute atomic E-state index is 5.90. The van der Waals surface area contributed by atoms with Gasteiger partial charge in [-0.05, 0) is 19.3 Å². The summed E-state index contributed by atoms with van der Waals surface area (Å²) < 4.78 is 11.8. The Kier molecular flexibility index (Phi) is 5.69. The Bertz CT molecular complexity index is 153. The Hall–Kier alpha value is -0.0151. The van der Waals surface area contributed by atoms with Crippen LogP contribution in [0.4, 0.5) is 0 Å². The maximum atomic E-state index is 5.90. The van der Waals surface area contributed by atoms with Crippen molar-refractivity contribution in [2.45, 2.75) is 64.6 Å². The molecule has 0 aliphatic carbocycles. The molecule has 0 radical (unpaired) electrons. The van der Waals surface area contributed by atoms with E-state index in [1.54, 1.807) is 0 Å². The lowest BCUT2D eigenvalue weighted by molar-refractivity contribution is 0.141. The van der Waals surface area contributed by atoms with Gasteiger partial charge < -0.3 is 9.31 Å². The van der Waals surface area contributed by atoms with Gasteiger partial charge in [-0.3, -0.25) is 0 Å². The average Bonchev–Trinajstić information content (AvgIpc) is 2.23. The van der Waals surface area contributed by atoms with E-state index in [1.807, 2.05) is 0 Å². The molecular formula is C12H25BO2. The van der Waals surface area contributed by atoms with Gasteiger partial charge in [-0.2, -0.15) is 0 Å². The first-order valence-electron chi connectivity index (χ1n) is 6.52. The minimum absolute atomic E-state index is 0.0257. The largest absolute Gasteiger partial charge is 0.463 e. The van der Waals surface area contributed by atoms with Crippen LogP contribution in [0, 0.1) is 0 Å². The van der Waals surface area contributed by atoms with Crippen molar-refractivity contribution in [3.05, 3.63) is 0 Å². The van der Waals surface area contributed by atoms with E-state index in [1.165, 1.54) is 19.3 Å². The molecule has 0 aromatic rings. The second kappa shape index (κ2) is 6.54. The fraction of sp³-hybridized carbons (Fsp3) is 1.00. The lowest BCUT2D eigenvalue weighted by Gasteiger charge is -2.35. The van der Waals surface area contributed by atoms with Crippen molar-refractivity contribution >= 4 is 7.12 Å². The zero-order valence-electron chi connectivity index (χ0n) is 10.6. The summed E-state index contributed by atoms with van der Waals surface area (Å²) in [5, 5.41) is 0.233. The maximum Gasteiger partial charge on any atom is 0.463 e. The smallest absolute Gasteiger partial charge is 0.411 e. The summed E-state index contributed by atoms with van der Waals surface area (Å²) in [5.74, 6) is 0. The molecule has 15 heavy (non-hydrogen) atoms. The molecule has 0 bridgehead atoms. The summed E-state index contributed by atoms with van der Waals surface area (Å²) in [6.07, 6.45) is 7.05. The lowest BCUT2D eigenvalue weighted by atomic mass is 9.52. The Labute approximate surface area is 94.9 Å². The average molecular weight is 212 g/mol. The Morgan fingerprint density at radius 3 is 1.73 bits per heavy atom. The van der Waals surface area contributed by atoms with Crippen molar-refractivity contribution in [3.63, 3.8) is 0 Å². The fourth-order valence-electron chi connectivity index (χ4n) is 2.41. The van der Waals surface area contributed by atoms with Crippen LogP contribution in [0.15, 0.2) is 0 Å². The van der Waals surface area contributed by atoms with E-state index < -0.39 is 0 Å². The summed E-state index contributed by atoms with van der Waals surface area (Å²) in [7, 11) is 0.0257. The first-order chi connectivity index (χ1) is 7.29. The van der Waals surface area contributed by atoms with Crippen molar-refractivity contribution in [2.24, 2.45) is 0 Å².